The molecule has 2 aliphatic heterocycles. The summed E-state index contributed by atoms with van der Waals surface area (Å²) in [6.07, 6.45) is 1.63. The Balaban J connectivity index is 1.60. The number of nitrogens with zero attached hydrogens (tertiary/aromatic N) is 2. The van der Waals surface area contributed by atoms with Crippen LogP contribution in [0.1, 0.15) is 48.3 Å². The first-order chi connectivity index (χ1) is 14.8. The lowest BCUT2D eigenvalue weighted by Crippen LogP contribution is -2.45. The Labute approximate surface area is 181 Å². The molecule has 162 valence electrons. The van der Waals surface area contributed by atoms with E-state index < -0.39 is 17.1 Å². The van der Waals surface area contributed by atoms with Gasteiger partial charge in [-0.2, -0.15) is 0 Å². The summed E-state index contributed by atoms with van der Waals surface area (Å²) in [7, 11) is 1.42. The number of carbonyl (C=O) groups is 3. The zero-order chi connectivity index (χ0) is 22.2. The van der Waals surface area contributed by atoms with Gasteiger partial charge in [0.15, 0.2) is 0 Å². The van der Waals surface area contributed by atoms with Gasteiger partial charge in [-0.15, -0.1) is 0 Å². The van der Waals surface area contributed by atoms with E-state index in [1.54, 1.807) is 11.0 Å². The molecule has 0 unspecified atom stereocenters. The topological polar surface area (TPSA) is 57.7 Å². The number of hydrogen-bond donors (Lipinski definition) is 0. The van der Waals surface area contributed by atoms with Crippen molar-refractivity contribution < 1.29 is 18.8 Å². The molecule has 6 heteroatoms. The third-order valence-electron chi connectivity index (χ3n) is 6.77. The second kappa shape index (κ2) is 8.25. The van der Waals surface area contributed by atoms with Crippen molar-refractivity contribution >= 4 is 17.7 Å². The van der Waals surface area contributed by atoms with Crippen molar-refractivity contribution in [1.29, 1.82) is 0 Å². The van der Waals surface area contributed by atoms with E-state index in [2.05, 4.69) is 19.1 Å². The first-order valence-electron chi connectivity index (χ1n) is 10.7. The Hall–Kier alpha value is -3.02. The molecule has 3 amide bonds. The van der Waals surface area contributed by atoms with E-state index in [-0.39, 0.29) is 30.6 Å². The SMILES string of the molecule is Cc1ccccc1[C@H]1CCCN(C(=O)C[C@@]2(c3cccc(F)c3)CC(=O)N(C)C2=O)C1. The molecule has 0 N–H and O–H groups in total. The monoisotopic (exact) mass is 422 g/mol. The number of hydrogen-bond acceptors (Lipinski definition) is 3. The third kappa shape index (κ3) is 3.87. The van der Waals surface area contributed by atoms with Crippen LogP contribution in [-0.2, 0) is 19.8 Å². The number of carbonyl (C=O) groups excluding carboxylic acids is 3. The minimum Gasteiger partial charge on any atom is -0.342 e. The highest BCUT2D eigenvalue weighted by Crippen LogP contribution is 2.40. The summed E-state index contributed by atoms with van der Waals surface area (Å²) in [4.78, 5) is 41.7. The van der Waals surface area contributed by atoms with Crippen LogP contribution in [0.15, 0.2) is 48.5 Å². The van der Waals surface area contributed by atoms with E-state index >= 15 is 0 Å². The summed E-state index contributed by atoms with van der Waals surface area (Å²) >= 11 is 0. The van der Waals surface area contributed by atoms with E-state index in [0.717, 1.165) is 17.7 Å². The van der Waals surface area contributed by atoms with Gasteiger partial charge in [-0.05, 0) is 48.6 Å². The molecule has 0 spiro atoms. The highest BCUT2D eigenvalue weighted by Gasteiger charge is 2.53. The van der Waals surface area contributed by atoms with E-state index in [1.165, 1.54) is 36.4 Å². The van der Waals surface area contributed by atoms with Crippen molar-refractivity contribution in [2.24, 2.45) is 0 Å². The number of rotatable bonds is 4. The molecule has 2 atom stereocenters. The van der Waals surface area contributed by atoms with Crippen molar-refractivity contribution in [2.45, 2.75) is 43.9 Å². The number of halogens is 1. The second-order valence-electron chi connectivity index (χ2n) is 8.74. The Kier molecular flexibility index (Phi) is 5.65. The summed E-state index contributed by atoms with van der Waals surface area (Å²) in [6.45, 7) is 3.28. The number of imide groups is 1. The molecule has 2 fully saturated rings. The van der Waals surface area contributed by atoms with Crippen molar-refractivity contribution in [3.8, 4) is 0 Å². The minimum atomic E-state index is -1.35. The molecule has 0 saturated carbocycles. The summed E-state index contributed by atoms with van der Waals surface area (Å²) in [5.74, 6) is -1.20. The van der Waals surface area contributed by atoms with E-state index in [0.29, 0.717) is 18.7 Å². The lowest BCUT2D eigenvalue weighted by molar-refractivity contribution is -0.141. The molecule has 2 aliphatic rings. The average molecular weight is 423 g/mol. The van der Waals surface area contributed by atoms with Crippen LogP contribution in [0.25, 0.3) is 0 Å². The molecular weight excluding hydrogens is 395 g/mol. The first kappa shape index (κ1) is 21.2. The summed E-state index contributed by atoms with van der Waals surface area (Å²) < 4.78 is 14.0. The summed E-state index contributed by atoms with van der Waals surface area (Å²) in [5, 5.41) is 0. The van der Waals surface area contributed by atoms with Crippen molar-refractivity contribution in [3.63, 3.8) is 0 Å². The van der Waals surface area contributed by atoms with Crippen molar-refractivity contribution in [3.05, 3.63) is 71.0 Å². The molecular formula is C25H27FN2O3. The first-order valence-corrected chi connectivity index (χ1v) is 10.7. The number of amides is 3. The molecule has 2 saturated heterocycles. The molecule has 0 bridgehead atoms. The predicted molar refractivity (Wildman–Crippen MR) is 115 cm³/mol. The Morgan fingerprint density at radius 1 is 1.16 bits per heavy atom. The van der Waals surface area contributed by atoms with Crippen LogP contribution in [0, 0.1) is 12.7 Å². The van der Waals surface area contributed by atoms with Crippen LogP contribution in [-0.4, -0.2) is 47.7 Å². The van der Waals surface area contributed by atoms with Gasteiger partial charge in [0, 0.05) is 38.9 Å². The van der Waals surface area contributed by atoms with Gasteiger partial charge >= 0.3 is 0 Å². The quantitative estimate of drug-likeness (QED) is 0.708. The molecule has 0 aliphatic carbocycles. The number of piperidine rings is 1. The van der Waals surface area contributed by atoms with Gasteiger partial charge < -0.3 is 4.90 Å². The molecule has 0 aromatic heterocycles. The fourth-order valence-electron chi connectivity index (χ4n) is 5.01. The molecule has 5 nitrogen and oxygen atoms in total. The molecule has 0 radical (unpaired) electrons. The zero-order valence-corrected chi connectivity index (χ0v) is 17.9. The number of aryl methyl sites for hydroxylation is 1. The average Bonchev–Trinajstić information content (AvgIpc) is 2.98. The molecule has 2 heterocycles. The maximum atomic E-state index is 14.0. The second-order valence-corrected chi connectivity index (χ2v) is 8.74. The van der Waals surface area contributed by atoms with Gasteiger partial charge in [-0.3, -0.25) is 19.3 Å². The van der Waals surface area contributed by atoms with Crippen molar-refractivity contribution in [2.75, 3.05) is 20.1 Å². The maximum absolute atomic E-state index is 14.0. The van der Waals surface area contributed by atoms with Gasteiger partial charge in [0.1, 0.15) is 5.82 Å². The van der Waals surface area contributed by atoms with Gasteiger partial charge in [0.05, 0.1) is 5.41 Å². The van der Waals surface area contributed by atoms with E-state index in [4.69, 9.17) is 0 Å². The maximum Gasteiger partial charge on any atom is 0.240 e. The lowest BCUT2D eigenvalue weighted by Gasteiger charge is -2.36. The Morgan fingerprint density at radius 3 is 2.61 bits per heavy atom. The van der Waals surface area contributed by atoms with Crippen LogP contribution >= 0.6 is 0 Å². The normalized spacial score (nSPS) is 24.0. The Morgan fingerprint density at radius 2 is 1.94 bits per heavy atom. The van der Waals surface area contributed by atoms with E-state index in [1.807, 2.05) is 12.1 Å². The number of benzene rings is 2. The van der Waals surface area contributed by atoms with Crippen LogP contribution in [0.3, 0.4) is 0 Å². The third-order valence-corrected chi connectivity index (χ3v) is 6.77. The Bertz CT molecular complexity index is 1040. The standard InChI is InChI=1S/C25H27FN2O3/c1-17-7-3-4-11-21(17)18-8-6-12-28(16-18)23(30)15-25(14-22(29)27(2)24(25)31)19-9-5-10-20(26)13-19/h3-5,7,9-11,13,18H,6,8,12,14-16H2,1-2H3/t18-,25+/m0/s1. The van der Waals surface area contributed by atoms with Crippen LogP contribution in [0.4, 0.5) is 4.39 Å². The zero-order valence-electron chi connectivity index (χ0n) is 17.9. The van der Waals surface area contributed by atoms with Crippen LogP contribution in [0.5, 0.6) is 0 Å². The molecule has 31 heavy (non-hydrogen) atoms. The number of likely N-dealkylation sites (N-methyl/N-ethyl adjacent to an activating group) is 1. The minimum absolute atomic E-state index is 0.118. The fraction of sp³-hybridized carbons (Fsp3) is 0.400. The van der Waals surface area contributed by atoms with Gasteiger partial charge in [0.2, 0.25) is 17.7 Å². The molecule has 4 rings (SSSR count). The van der Waals surface area contributed by atoms with Gasteiger partial charge in [-0.1, -0.05) is 36.4 Å². The van der Waals surface area contributed by atoms with Crippen LogP contribution in [0.2, 0.25) is 0 Å². The largest absolute Gasteiger partial charge is 0.342 e. The highest BCUT2D eigenvalue weighted by atomic mass is 19.1. The fourth-order valence-corrected chi connectivity index (χ4v) is 5.01. The van der Waals surface area contributed by atoms with Gasteiger partial charge in [-0.25, -0.2) is 4.39 Å². The number of likely N-dealkylation sites (tertiary alicyclic amines) is 2. The highest BCUT2D eigenvalue weighted by molar-refractivity contribution is 6.10. The van der Waals surface area contributed by atoms with Gasteiger partial charge in [0.25, 0.3) is 0 Å². The predicted octanol–water partition coefficient (Wildman–Crippen LogP) is 3.56. The smallest absolute Gasteiger partial charge is 0.240 e. The molecule has 2 aromatic rings. The van der Waals surface area contributed by atoms with E-state index in [9.17, 15) is 18.8 Å². The summed E-state index contributed by atoms with van der Waals surface area (Å²) in [6, 6.07) is 13.9. The molecule has 2 aromatic carbocycles. The van der Waals surface area contributed by atoms with Crippen molar-refractivity contribution in [1.82, 2.24) is 9.80 Å². The van der Waals surface area contributed by atoms with Crippen LogP contribution < -0.4 is 0 Å². The lowest BCUT2D eigenvalue weighted by atomic mass is 9.75. The summed E-state index contributed by atoms with van der Waals surface area (Å²) in [5.41, 5.74) is 1.49.